The number of hydrogen-bond acceptors (Lipinski definition) is 4. The van der Waals surface area contributed by atoms with E-state index in [1.54, 1.807) is 18.9 Å². The van der Waals surface area contributed by atoms with E-state index in [1.165, 1.54) is 17.6 Å². The molecular weight excluding hydrogens is 272 g/mol. The van der Waals surface area contributed by atoms with Crippen LogP contribution in [0.25, 0.3) is 0 Å². The Labute approximate surface area is 122 Å². The number of carbonyl (C=O) groups excluding carboxylic acids is 3. The highest BCUT2D eigenvalue weighted by molar-refractivity contribution is 5.97. The van der Waals surface area contributed by atoms with Crippen molar-refractivity contribution >= 4 is 17.6 Å². The molecule has 0 radical (unpaired) electrons. The van der Waals surface area contributed by atoms with Gasteiger partial charge in [-0.3, -0.25) is 14.4 Å². The van der Waals surface area contributed by atoms with E-state index in [-0.39, 0.29) is 29.5 Å². The molecule has 0 aliphatic carbocycles. The van der Waals surface area contributed by atoms with Crippen LogP contribution in [0.5, 0.6) is 0 Å². The highest BCUT2D eigenvalue weighted by Crippen LogP contribution is 2.13. The van der Waals surface area contributed by atoms with Crippen molar-refractivity contribution in [2.75, 3.05) is 13.1 Å². The number of rotatable bonds is 4. The molecule has 0 spiro atoms. The van der Waals surface area contributed by atoms with Crippen molar-refractivity contribution in [2.24, 2.45) is 7.05 Å². The van der Waals surface area contributed by atoms with Gasteiger partial charge in [-0.2, -0.15) is 0 Å². The van der Waals surface area contributed by atoms with Gasteiger partial charge in [0.25, 0.3) is 5.91 Å². The van der Waals surface area contributed by atoms with Crippen LogP contribution in [-0.2, 0) is 11.8 Å². The fourth-order valence-corrected chi connectivity index (χ4v) is 2.40. The maximum Gasteiger partial charge on any atom is 0.270 e. The lowest BCUT2D eigenvalue weighted by Crippen LogP contribution is -2.60. The van der Waals surface area contributed by atoms with E-state index in [4.69, 9.17) is 0 Å². The second-order valence-electron chi connectivity index (χ2n) is 5.10. The molecule has 0 saturated carbocycles. The third kappa shape index (κ3) is 2.72. The van der Waals surface area contributed by atoms with Gasteiger partial charge >= 0.3 is 0 Å². The molecule has 112 valence electrons. The van der Waals surface area contributed by atoms with Gasteiger partial charge in [0.2, 0.25) is 5.91 Å². The molecule has 21 heavy (non-hydrogen) atoms. The Morgan fingerprint density at radius 1 is 1.38 bits per heavy atom. The first-order valence-electron chi connectivity index (χ1n) is 6.61. The first-order valence-corrected chi connectivity index (χ1v) is 6.61. The number of Topliss-reactive ketones (excluding diaryl/α,β-unsaturated/α-hetero) is 1. The zero-order chi connectivity index (χ0) is 15.7. The van der Waals surface area contributed by atoms with E-state index in [0.717, 1.165) is 0 Å². The van der Waals surface area contributed by atoms with Crippen molar-refractivity contribution < 1.29 is 14.4 Å². The van der Waals surface area contributed by atoms with Gasteiger partial charge in [0.1, 0.15) is 5.69 Å². The van der Waals surface area contributed by atoms with E-state index in [9.17, 15) is 14.4 Å². The smallest absolute Gasteiger partial charge is 0.270 e. The van der Waals surface area contributed by atoms with Gasteiger partial charge in [-0.1, -0.05) is 6.58 Å². The van der Waals surface area contributed by atoms with Crippen LogP contribution in [-0.4, -0.2) is 51.2 Å². The Balaban J connectivity index is 2.04. The van der Waals surface area contributed by atoms with Gasteiger partial charge in [-0.15, -0.1) is 0 Å². The normalized spacial score (nSPS) is 14.5. The van der Waals surface area contributed by atoms with Gasteiger partial charge < -0.3 is 14.8 Å². The molecule has 1 aromatic heterocycles. The van der Waals surface area contributed by atoms with Gasteiger partial charge in [0.15, 0.2) is 11.6 Å². The fraction of sp³-hybridized carbons (Fsp3) is 0.429. The minimum Gasteiger partial charge on any atom is -0.344 e. The van der Waals surface area contributed by atoms with Crippen molar-refractivity contribution in [3.8, 4) is 0 Å². The Morgan fingerprint density at radius 2 is 2.00 bits per heavy atom. The monoisotopic (exact) mass is 290 g/mol. The summed E-state index contributed by atoms with van der Waals surface area (Å²) in [7, 11) is 1.64. The first-order chi connectivity index (χ1) is 9.85. The quantitative estimate of drug-likeness (QED) is 0.627. The Hall–Kier alpha value is -2.44. The number of aryl methyl sites for hydroxylation is 1. The van der Waals surface area contributed by atoms with Crippen molar-refractivity contribution in [3.05, 3.63) is 29.9 Å². The summed E-state index contributed by atoms with van der Waals surface area (Å²) in [6.07, 6.45) is 1.25. The molecule has 1 aliphatic heterocycles. The molecule has 0 atom stereocenters. The van der Waals surface area contributed by atoms with E-state index < -0.39 is 0 Å². The van der Waals surface area contributed by atoms with Crippen molar-refractivity contribution in [1.29, 1.82) is 0 Å². The minimum atomic E-state index is -0.286. The van der Waals surface area contributed by atoms with E-state index >= 15 is 0 Å². The third-order valence-electron chi connectivity index (χ3n) is 3.50. The molecule has 7 nitrogen and oxygen atoms in total. The molecule has 1 aliphatic rings. The Morgan fingerprint density at radius 3 is 2.48 bits per heavy atom. The minimum absolute atomic E-state index is 0.0866. The predicted octanol–water partition coefficient (Wildman–Crippen LogP) is 0.0577. The van der Waals surface area contributed by atoms with Crippen molar-refractivity contribution in [3.63, 3.8) is 0 Å². The summed E-state index contributed by atoms with van der Waals surface area (Å²) in [5, 5.41) is 2.84. The molecule has 2 rings (SSSR count). The van der Waals surface area contributed by atoms with Crippen LogP contribution in [0.2, 0.25) is 0 Å². The molecule has 1 N–H and O–H groups in total. The molecule has 1 saturated heterocycles. The van der Waals surface area contributed by atoms with Crippen LogP contribution >= 0.6 is 0 Å². The van der Waals surface area contributed by atoms with Gasteiger partial charge in [-0.05, 0) is 13.0 Å². The highest BCUT2D eigenvalue weighted by atomic mass is 16.2. The number of likely N-dealkylation sites (tertiary alicyclic amines) is 1. The summed E-state index contributed by atoms with van der Waals surface area (Å²) in [6, 6.07) is -0.0866. The number of hydrogen-bond donors (Lipinski definition) is 1. The lowest BCUT2D eigenvalue weighted by atomic mass is 10.1. The molecule has 7 heteroatoms. The highest BCUT2D eigenvalue weighted by Gasteiger charge is 2.32. The summed E-state index contributed by atoms with van der Waals surface area (Å²) in [5.74, 6) is -0.359. The van der Waals surface area contributed by atoms with Crippen LogP contribution in [0.1, 0.15) is 33.7 Å². The van der Waals surface area contributed by atoms with Gasteiger partial charge in [0, 0.05) is 27.1 Å². The number of ketones is 1. The number of nitrogens with zero attached hydrogens (tertiary/aromatic N) is 3. The Kier molecular flexibility index (Phi) is 3.93. The molecule has 1 aromatic rings. The summed E-state index contributed by atoms with van der Waals surface area (Å²) >= 11 is 0. The standard InChI is InChI=1S/C14H18N4O3/c1-5-11(20)18-6-10(7-18)16-14(21)12-8(2)15-13(9(3)19)17(12)4/h5,10H,1,6-7H2,2-4H3,(H,16,21). The number of aromatic nitrogens is 2. The van der Waals surface area contributed by atoms with E-state index in [1.807, 2.05) is 0 Å². The Bertz CT molecular complexity index is 626. The first kappa shape index (κ1) is 15.0. The molecule has 2 amide bonds. The largest absolute Gasteiger partial charge is 0.344 e. The van der Waals surface area contributed by atoms with E-state index in [0.29, 0.717) is 24.5 Å². The van der Waals surface area contributed by atoms with Crippen LogP contribution in [0.4, 0.5) is 0 Å². The maximum atomic E-state index is 12.3. The zero-order valence-electron chi connectivity index (χ0n) is 12.3. The van der Waals surface area contributed by atoms with Gasteiger partial charge in [-0.25, -0.2) is 4.98 Å². The maximum absolute atomic E-state index is 12.3. The van der Waals surface area contributed by atoms with Crippen molar-refractivity contribution in [2.45, 2.75) is 19.9 Å². The number of imidazole rings is 1. The zero-order valence-corrected chi connectivity index (χ0v) is 12.3. The van der Waals surface area contributed by atoms with Crippen LogP contribution in [0, 0.1) is 6.92 Å². The molecule has 0 aromatic carbocycles. The molecule has 1 fully saturated rings. The number of carbonyl (C=O) groups is 3. The number of nitrogens with one attached hydrogen (secondary N) is 1. The van der Waals surface area contributed by atoms with Crippen LogP contribution in [0.3, 0.4) is 0 Å². The summed E-state index contributed by atoms with van der Waals surface area (Å²) in [4.78, 5) is 40.7. The summed E-state index contributed by atoms with van der Waals surface area (Å²) < 4.78 is 1.50. The lowest BCUT2D eigenvalue weighted by Gasteiger charge is -2.38. The molecule has 0 bridgehead atoms. The van der Waals surface area contributed by atoms with Crippen LogP contribution < -0.4 is 5.32 Å². The second-order valence-corrected chi connectivity index (χ2v) is 5.10. The molecular formula is C14H18N4O3. The average Bonchev–Trinajstić information content (AvgIpc) is 2.68. The third-order valence-corrected chi connectivity index (χ3v) is 3.50. The lowest BCUT2D eigenvalue weighted by molar-refractivity contribution is -0.130. The van der Waals surface area contributed by atoms with E-state index in [2.05, 4.69) is 16.9 Å². The summed E-state index contributed by atoms with van der Waals surface area (Å²) in [6.45, 7) is 7.45. The van der Waals surface area contributed by atoms with Gasteiger partial charge in [0.05, 0.1) is 11.7 Å². The SMILES string of the molecule is C=CC(=O)N1CC(NC(=O)c2c(C)nc(C(C)=O)n2C)C1. The molecule has 2 heterocycles. The van der Waals surface area contributed by atoms with Crippen LogP contribution in [0.15, 0.2) is 12.7 Å². The predicted molar refractivity (Wildman–Crippen MR) is 76.0 cm³/mol. The van der Waals surface area contributed by atoms with Crippen molar-refractivity contribution in [1.82, 2.24) is 19.8 Å². The number of amides is 2. The second kappa shape index (κ2) is 5.51. The summed E-state index contributed by atoms with van der Waals surface area (Å²) in [5.41, 5.74) is 0.882. The molecule has 0 unspecified atom stereocenters. The average molecular weight is 290 g/mol. The fourth-order valence-electron chi connectivity index (χ4n) is 2.40. The topological polar surface area (TPSA) is 84.3 Å².